The topological polar surface area (TPSA) is 78.4 Å². The van der Waals surface area contributed by atoms with Gasteiger partial charge in [-0.2, -0.15) is 0 Å². The van der Waals surface area contributed by atoms with Crippen LogP contribution in [0.1, 0.15) is 25.7 Å². The first-order valence-electron chi connectivity index (χ1n) is 4.96. The number of aliphatic hydroxyl groups excluding tert-OH is 1. The van der Waals surface area contributed by atoms with Crippen molar-refractivity contribution in [3.63, 3.8) is 0 Å². The van der Waals surface area contributed by atoms with Crippen molar-refractivity contribution in [3.8, 4) is 0 Å². The minimum atomic E-state index is -0.397. The summed E-state index contributed by atoms with van der Waals surface area (Å²) in [5.74, 6) is -0.0405. The van der Waals surface area contributed by atoms with Gasteiger partial charge in [0.15, 0.2) is 0 Å². The molecule has 78 valence electrons. The number of nitrogens with one attached hydrogen (secondary N) is 2. The second-order valence-corrected chi connectivity index (χ2v) is 4.01. The van der Waals surface area contributed by atoms with Crippen LogP contribution in [-0.2, 0) is 4.79 Å². The molecule has 1 aliphatic heterocycles. The molecule has 14 heavy (non-hydrogen) atoms. The molecule has 0 aromatic heterocycles. The Kier molecular flexibility index (Phi) is 2.41. The summed E-state index contributed by atoms with van der Waals surface area (Å²) in [7, 11) is 0. The van der Waals surface area contributed by atoms with E-state index in [9.17, 15) is 14.7 Å². The van der Waals surface area contributed by atoms with E-state index in [0.717, 1.165) is 25.7 Å². The van der Waals surface area contributed by atoms with Gasteiger partial charge in [0.05, 0.1) is 6.10 Å². The molecule has 2 aliphatic rings. The van der Waals surface area contributed by atoms with Crippen LogP contribution in [0.4, 0.5) is 4.79 Å². The van der Waals surface area contributed by atoms with Gasteiger partial charge in [-0.1, -0.05) is 0 Å². The molecule has 3 amide bonds. The summed E-state index contributed by atoms with van der Waals surface area (Å²) >= 11 is 0. The molecule has 2 fully saturated rings. The summed E-state index contributed by atoms with van der Waals surface area (Å²) in [5.41, 5.74) is 0. The molecule has 0 spiro atoms. The van der Waals surface area contributed by atoms with E-state index in [4.69, 9.17) is 0 Å². The SMILES string of the molecule is O=C1NC(=O)C(C2CCC(O)CC2)N1. The van der Waals surface area contributed by atoms with E-state index in [1.165, 1.54) is 0 Å². The Hall–Kier alpha value is -1.10. The Morgan fingerprint density at radius 2 is 1.79 bits per heavy atom. The molecule has 3 N–H and O–H groups in total. The largest absolute Gasteiger partial charge is 0.393 e. The van der Waals surface area contributed by atoms with Gasteiger partial charge in [0.1, 0.15) is 6.04 Å². The van der Waals surface area contributed by atoms with E-state index in [-0.39, 0.29) is 24.0 Å². The standard InChI is InChI=1S/C9H14N2O3/c12-6-3-1-5(2-4-6)7-8(13)11-9(14)10-7/h5-7,12H,1-4H2,(H2,10,11,13,14). The van der Waals surface area contributed by atoms with Crippen molar-refractivity contribution in [3.05, 3.63) is 0 Å². The fourth-order valence-corrected chi connectivity index (χ4v) is 2.20. The van der Waals surface area contributed by atoms with E-state index in [2.05, 4.69) is 10.6 Å². The molecular weight excluding hydrogens is 184 g/mol. The first-order valence-corrected chi connectivity index (χ1v) is 4.96. The first kappa shape index (κ1) is 9.45. The Labute approximate surface area is 81.9 Å². The summed E-state index contributed by atoms with van der Waals surface area (Å²) in [4.78, 5) is 22.2. The highest BCUT2D eigenvalue weighted by Crippen LogP contribution is 2.27. The van der Waals surface area contributed by atoms with Crippen LogP contribution in [0.3, 0.4) is 0 Å². The number of urea groups is 1. The summed E-state index contributed by atoms with van der Waals surface area (Å²) in [6, 6.07) is -0.777. The number of aliphatic hydroxyl groups is 1. The number of carbonyl (C=O) groups is 2. The van der Waals surface area contributed by atoms with Crippen LogP contribution in [0, 0.1) is 5.92 Å². The molecule has 5 heteroatoms. The van der Waals surface area contributed by atoms with Crippen molar-refractivity contribution < 1.29 is 14.7 Å². The van der Waals surface area contributed by atoms with E-state index in [1.54, 1.807) is 0 Å². The van der Waals surface area contributed by atoms with Crippen molar-refractivity contribution in [2.45, 2.75) is 37.8 Å². The van der Waals surface area contributed by atoms with Gasteiger partial charge in [0, 0.05) is 0 Å². The third kappa shape index (κ3) is 1.72. The van der Waals surface area contributed by atoms with E-state index in [1.807, 2.05) is 0 Å². The van der Waals surface area contributed by atoms with Crippen molar-refractivity contribution >= 4 is 11.9 Å². The lowest BCUT2D eigenvalue weighted by atomic mass is 9.82. The summed E-state index contributed by atoms with van der Waals surface area (Å²) in [6.45, 7) is 0. The van der Waals surface area contributed by atoms with Gasteiger partial charge in [-0.05, 0) is 31.6 Å². The molecule has 0 radical (unpaired) electrons. The van der Waals surface area contributed by atoms with Crippen LogP contribution in [0.5, 0.6) is 0 Å². The van der Waals surface area contributed by atoms with E-state index >= 15 is 0 Å². The van der Waals surface area contributed by atoms with Crippen LogP contribution < -0.4 is 10.6 Å². The van der Waals surface area contributed by atoms with E-state index < -0.39 is 6.03 Å². The van der Waals surface area contributed by atoms with Gasteiger partial charge >= 0.3 is 6.03 Å². The fourth-order valence-electron chi connectivity index (χ4n) is 2.20. The Morgan fingerprint density at radius 3 is 2.29 bits per heavy atom. The first-order chi connectivity index (χ1) is 6.66. The third-order valence-corrected chi connectivity index (χ3v) is 3.02. The molecular formula is C9H14N2O3. The highest BCUT2D eigenvalue weighted by Gasteiger charge is 2.37. The second-order valence-electron chi connectivity index (χ2n) is 4.01. The number of amides is 3. The zero-order chi connectivity index (χ0) is 10.1. The smallest absolute Gasteiger partial charge is 0.322 e. The maximum atomic E-state index is 11.3. The van der Waals surface area contributed by atoms with Crippen LogP contribution >= 0.6 is 0 Å². The molecule has 1 saturated carbocycles. The van der Waals surface area contributed by atoms with Gasteiger partial charge in [-0.3, -0.25) is 10.1 Å². The van der Waals surface area contributed by atoms with Crippen molar-refractivity contribution in [1.82, 2.24) is 10.6 Å². The number of hydrogen-bond acceptors (Lipinski definition) is 3. The third-order valence-electron chi connectivity index (χ3n) is 3.02. The molecule has 1 atom stereocenters. The minimum absolute atomic E-state index is 0.185. The predicted molar refractivity (Wildman–Crippen MR) is 48.4 cm³/mol. The summed E-state index contributed by atoms with van der Waals surface area (Å²) < 4.78 is 0. The normalized spacial score (nSPS) is 37.9. The van der Waals surface area contributed by atoms with Crippen LogP contribution in [0.15, 0.2) is 0 Å². The predicted octanol–water partition coefficient (Wildman–Crippen LogP) is -0.255. The second kappa shape index (κ2) is 3.57. The summed E-state index contributed by atoms with van der Waals surface area (Å²) in [6.07, 6.45) is 2.83. The molecule has 1 saturated heterocycles. The molecule has 1 heterocycles. The quantitative estimate of drug-likeness (QED) is 0.508. The van der Waals surface area contributed by atoms with Crippen molar-refractivity contribution in [2.24, 2.45) is 5.92 Å². The molecule has 1 aliphatic carbocycles. The van der Waals surface area contributed by atoms with Gasteiger partial charge in [-0.25, -0.2) is 4.79 Å². The molecule has 0 aromatic rings. The van der Waals surface area contributed by atoms with Crippen LogP contribution in [0.25, 0.3) is 0 Å². The Morgan fingerprint density at radius 1 is 1.14 bits per heavy atom. The van der Waals surface area contributed by atoms with Gasteiger partial charge in [0.25, 0.3) is 5.91 Å². The molecule has 1 unspecified atom stereocenters. The lowest BCUT2D eigenvalue weighted by Crippen LogP contribution is -2.39. The lowest BCUT2D eigenvalue weighted by molar-refractivity contribution is -0.121. The maximum absolute atomic E-state index is 11.3. The molecule has 0 aromatic carbocycles. The monoisotopic (exact) mass is 198 g/mol. The fraction of sp³-hybridized carbons (Fsp3) is 0.778. The highest BCUT2D eigenvalue weighted by molar-refractivity contribution is 6.04. The van der Waals surface area contributed by atoms with Gasteiger partial charge in [-0.15, -0.1) is 0 Å². The van der Waals surface area contributed by atoms with E-state index in [0.29, 0.717) is 0 Å². The van der Waals surface area contributed by atoms with Crippen LogP contribution in [-0.4, -0.2) is 29.2 Å². The minimum Gasteiger partial charge on any atom is -0.393 e. The number of carbonyl (C=O) groups excluding carboxylic acids is 2. The maximum Gasteiger partial charge on any atom is 0.322 e. The average Bonchev–Trinajstić information content (AvgIpc) is 2.47. The Balaban J connectivity index is 1.95. The zero-order valence-corrected chi connectivity index (χ0v) is 7.82. The van der Waals surface area contributed by atoms with Crippen molar-refractivity contribution in [1.29, 1.82) is 0 Å². The van der Waals surface area contributed by atoms with Crippen molar-refractivity contribution in [2.75, 3.05) is 0 Å². The van der Waals surface area contributed by atoms with Crippen LogP contribution in [0.2, 0.25) is 0 Å². The molecule has 0 bridgehead atoms. The average molecular weight is 198 g/mol. The Bertz CT molecular complexity index is 259. The zero-order valence-electron chi connectivity index (χ0n) is 7.82. The summed E-state index contributed by atoms with van der Waals surface area (Å²) in [5, 5.41) is 14.1. The van der Waals surface area contributed by atoms with Gasteiger partial charge < -0.3 is 10.4 Å². The molecule has 5 nitrogen and oxygen atoms in total. The van der Waals surface area contributed by atoms with Gasteiger partial charge in [0.2, 0.25) is 0 Å². The number of imide groups is 1. The highest BCUT2D eigenvalue weighted by atomic mass is 16.3. The molecule has 2 rings (SSSR count). The number of hydrogen-bond donors (Lipinski definition) is 3. The number of rotatable bonds is 1. The lowest BCUT2D eigenvalue weighted by Gasteiger charge is -2.28.